The van der Waals surface area contributed by atoms with E-state index in [2.05, 4.69) is 0 Å². The zero-order valence-electron chi connectivity index (χ0n) is 13.7. The van der Waals surface area contributed by atoms with E-state index in [1.54, 1.807) is 43.3 Å². The molecule has 1 fully saturated rings. The van der Waals surface area contributed by atoms with Crippen LogP contribution in [0.5, 0.6) is 0 Å². The molecule has 2 heterocycles. The summed E-state index contributed by atoms with van der Waals surface area (Å²) in [5, 5.41) is 0. The monoisotopic (exact) mass is 330 g/mol. The van der Waals surface area contributed by atoms with Gasteiger partial charge in [0, 0.05) is 19.3 Å². The summed E-state index contributed by atoms with van der Waals surface area (Å²) >= 11 is 0. The van der Waals surface area contributed by atoms with Gasteiger partial charge in [-0.1, -0.05) is 0 Å². The van der Waals surface area contributed by atoms with Gasteiger partial charge in [-0.2, -0.15) is 0 Å². The van der Waals surface area contributed by atoms with E-state index in [4.69, 9.17) is 4.42 Å². The molecule has 1 atom stereocenters. The number of amides is 2. The summed E-state index contributed by atoms with van der Waals surface area (Å²) in [5.74, 6) is -0.828. The molecule has 6 heteroatoms. The molecule has 1 aliphatic heterocycles. The lowest BCUT2D eigenvalue weighted by Gasteiger charge is -2.21. The highest BCUT2D eigenvalue weighted by Gasteiger charge is 2.39. The standard InChI is InChI=1S/C18H19FN2O3/c1-12-10-13(19)5-6-16(12)21-8-7-15(18(21)23)17(22)20(2)11-14-4-3-9-24-14/h3-6,9-10,15H,7-8,11H2,1-2H3. The molecule has 1 aliphatic rings. The van der Waals surface area contributed by atoms with Gasteiger partial charge >= 0.3 is 0 Å². The van der Waals surface area contributed by atoms with E-state index >= 15 is 0 Å². The molecule has 1 unspecified atom stereocenters. The van der Waals surface area contributed by atoms with Gasteiger partial charge in [0.2, 0.25) is 11.8 Å². The minimum Gasteiger partial charge on any atom is -0.467 e. The molecular weight excluding hydrogens is 311 g/mol. The predicted octanol–water partition coefficient (Wildman–Crippen LogP) is 2.74. The molecule has 2 aromatic rings. The number of carbonyl (C=O) groups excluding carboxylic acids is 2. The van der Waals surface area contributed by atoms with Gasteiger partial charge in [-0.25, -0.2) is 4.39 Å². The summed E-state index contributed by atoms with van der Waals surface area (Å²) in [6.45, 7) is 2.53. The first kappa shape index (κ1) is 16.2. The van der Waals surface area contributed by atoms with E-state index in [0.717, 1.165) is 0 Å². The number of halogens is 1. The molecule has 2 amide bonds. The van der Waals surface area contributed by atoms with E-state index in [0.29, 0.717) is 36.5 Å². The van der Waals surface area contributed by atoms with E-state index in [1.165, 1.54) is 17.0 Å². The second-order valence-electron chi connectivity index (χ2n) is 6.04. The third-order valence-corrected chi connectivity index (χ3v) is 4.30. The molecule has 5 nitrogen and oxygen atoms in total. The highest BCUT2D eigenvalue weighted by molar-refractivity contribution is 6.09. The smallest absolute Gasteiger partial charge is 0.239 e. The Hall–Kier alpha value is -2.63. The number of hydrogen-bond acceptors (Lipinski definition) is 3. The second-order valence-corrected chi connectivity index (χ2v) is 6.04. The fourth-order valence-corrected chi connectivity index (χ4v) is 3.05. The third-order valence-electron chi connectivity index (χ3n) is 4.30. The van der Waals surface area contributed by atoms with Crippen molar-refractivity contribution in [2.75, 3.05) is 18.5 Å². The first-order valence-corrected chi connectivity index (χ1v) is 7.82. The van der Waals surface area contributed by atoms with Crippen molar-refractivity contribution in [3.05, 3.63) is 53.7 Å². The maximum Gasteiger partial charge on any atom is 0.239 e. The van der Waals surface area contributed by atoms with Crippen LogP contribution >= 0.6 is 0 Å². The van der Waals surface area contributed by atoms with E-state index < -0.39 is 5.92 Å². The Labute approximate surface area is 139 Å². The molecule has 1 saturated heterocycles. The summed E-state index contributed by atoms with van der Waals surface area (Å²) in [5.41, 5.74) is 1.34. The summed E-state index contributed by atoms with van der Waals surface area (Å²) in [6.07, 6.45) is 2.00. The van der Waals surface area contributed by atoms with E-state index in [1.807, 2.05) is 0 Å². The van der Waals surface area contributed by atoms with Crippen molar-refractivity contribution in [1.82, 2.24) is 4.90 Å². The quantitative estimate of drug-likeness (QED) is 0.810. The van der Waals surface area contributed by atoms with Crippen LogP contribution in [0.2, 0.25) is 0 Å². The van der Waals surface area contributed by atoms with E-state index in [9.17, 15) is 14.0 Å². The Balaban J connectivity index is 1.72. The second kappa shape index (κ2) is 6.47. The zero-order valence-corrected chi connectivity index (χ0v) is 13.7. The van der Waals surface area contributed by atoms with Crippen LogP contribution < -0.4 is 4.90 Å². The lowest BCUT2D eigenvalue weighted by molar-refractivity contribution is -0.139. The number of anilines is 1. The maximum atomic E-state index is 13.2. The van der Waals surface area contributed by atoms with Gasteiger partial charge in [0.15, 0.2) is 0 Å². The van der Waals surface area contributed by atoms with Crippen LogP contribution in [0.3, 0.4) is 0 Å². The normalized spacial score (nSPS) is 17.4. The molecule has 0 spiro atoms. The highest BCUT2D eigenvalue weighted by Crippen LogP contribution is 2.29. The van der Waals surface area contributed by atoms with Crippen LogP contribution in [0.25, 0.3) is 0 Å². The van der Waals surface area contributed by atoms with Gasteiger partial charge in [0.05, 0.1) is 12.8 Å². The predicted molar refractivity (Wildman–Crippen MR) is 86.8 cm³/mol. The minimum absolute atomic E-state index is 0.223. The molecule has 126 valence electrons. The maximum absolute atomic E-state index is 13.2. The van der Waals surface area contributed by atoms with Crippen molar-refractivity contribution in [3.63, 3.8) is 0 Å². The van der Waals surface area contributed by atoms with Crippen LogP contribution in [-0.4, -0.2) is 30.3 Å². The summed E-state index contributed by atoms with van der Waals surface area (Å²) in [6, 6.07) is 7.85. The van der Waals surface area contributed by atoms with Crippen molar-refractivity contribution < 1.29 is 18.4 Å². The first-order chi connectivity index (χ1) is 11.5. The van der Waals surface area contributed by atoms with Gasteiger partial charge in [0.1, 0.15) is 17.5 Å². The summed E-state index contributed by atoms with van der Waals surface area (Å²) in [7, 11) is 1.66. The van der Waals surface area contributed by atoms with Crippen LogP contribution in [0.4, 0.5) is 10.1 Å². The SMILES string of the molecule is Cc1cc(F)ccc1N1CCC(C(=O)N(C)Cc2ccco2)C1=O. The van der Waals surface area contributed by atoms with Crippen molar-refractivity contribution in [2.24, 2.45) is 5.92 Å². The molecule has 24 heavy (non-hydrogen) atoms. The van der Waals surface area contributed by atoms with Crippen molar-refractivity contribution in [1.29, 1.82) is 0 Å². The molecule has 1 aromatic heterocycles. The van der Waals surface area contributed by atoms with Crippen molar-refractivity contribution in [3.8, 4) is 0 Å². The highest BCUT2D eigenvalue weighted by atomic mass is 19.1. The minimum atomic E-state index is -0.700. The number of furan rings is 1. The Kier molecular flexibility index (Phi) is 4.38. The zero-order chi connectivity index (χ0) is 17.3. The molecule has 0 saturated carbocycles. The molecule has 3 rings (SSSR count). The van der Waals surface area contributed by atoms with Gasteiger partial charge in [0.25, 0.3) is 0 Å². The van der Waals surface area contributed by atoms with Crippen molar-refractivity contribution in [2.45, 2.75) is 19.9 Å². The lowest BCUT2D eigenvalue weighted by Crippen LogP contribution is -2.37. The number of nitrogens with zero attached hydrogens (tertiary/aromatic N) is 2. The molecule has 0 bridgehead atoms. The number of hydrogen-bond donors (Lipinski definition) is 0. The fraction of sp³-hybridized carbons (Fsp3) is 0.333. The van der Waals surface area contributed by atoms with Crippen LogP contribution in [0, 0.1) is 18.7 Å². The van der Waals surface area contributed by atoms with Crippen molar-refractivity contribution >= 4 is 17.5 Å². The van der Waals surface area contributed by atoms with Gasteiger partial charge in [-0.15, -0.1) is 0 Å². The summed E-state index contributed by atoms with van der Waals surface area (Å²) < 4.78 is 18.5. The first-order valence-electron chi connectivity index (χ1n) is 7.82. The topological polar surface area (TPSA) is 53.8 Å². The summed E-state index contributed by atoms with van der Waals surface area (Å²) in [4.78, 5) is 28.3. The van der Waals surface area contributed by atoms with Gasteiger partial charge in [-0.05, 0) is 49.2 Å². The average Bonchev–Trinajstić information content (AvgIpc) is 3.17. The van der Waals surface area contributed by atoms with Crippen LogP contribution in [0.1, 0.15) is 17.7 Å². The molecule has 0 aliphatic carbocycles. The van der Waals surface area contributed by atoms with E-state index in [-0.39, 0.29) is 17.6 Å². The van der Waals surface area contributed by atoms with Gasteiger partial charge < -0.3 is 14.2 Å². The molecular formula is C18H19FN2O3. The van der Waals surface area contributed by atoms with Crippen LogP contribution in [-0.2, 0) is 16.1 Å². The molecule has 1 aromatic carbocycles. The average molecular weight is 330 g/mol. The molecule has 0 radical (unpaired) electrons. The van der Waals surface area contributed by atoms with Crippen LogP contribution in [0.15, 0.2) is 41.0 Å². The third kappa shape index (κ3) is 3.04. The number of benzene rings is 1. The Morgan fingerprint density at radius 3 is 2.88 bits per heavy atom. The lowest BCUT2D eigenvalue weighted by atomic mass is 10.1. The Morgan fingerprint density at radius 2 is 2.21 bits per heavy atom. The number of carbonyl (C=O) groups is 2. The molecule has 0 N–H and O–H groups in total. The number of aryl methyl sites for hydroxylation is 1. The number of rotatable bonds is 4. The largest absolute Gasteiger partial charge is 0.467 e. The Bertz CT molecular complexity index is 758. The van der Waals surface area contributed by atoms with Gasteiger partial charge in [-0.3, -0.25) is 9.59 Å². The Morgan fingerprint density at radius 1 is 1.42 bits per heavy atom. The fourth-order valence-electron chi connectivity index (χ4n) is 3.05.